The lowest BCUT2D eigenvalue weighted by Crippen LogP contribution is -2.38. The Labute approximate surface area is 208 Å². The summed E-state index contributed by atoms with van der Waals surface area (Å²) in [5.74, 6) is -0.598. The van der Waals surface area contributed by atoms with Crippen molar-refractivity contribution in [2.45, 2.75) is 25.9 Å². The van der Waals surface area contributed by atoms with E-state index in [-0.39, 0.29) is 18.9 Å². The van der Waals surface area contributed by atoms with Gasteiger partial charge in [-0.1, -0.05) is 78.5 Å². The van der Waals surface area contributed by atoms with Gasteiger partial charge in [0.25, 0.3) is 0 Å². The largest absolute Gasteiger partial charge is 0.458 e. The van der Waals surface area contributed by atoms with E-state index in [1.54, 1.807) is 13.0 Å². The minimum Gasteiger partial charge on any atom is -0.458 e. The molecule has 174 valence electrons. The van der Waals surface area contributed by atoms with Gasteiger partial charge < -0.3 is 15.0 Å². The van der Waals surface area contributed by atoms with Gasteiger partial charge in [0.1, 0.15) is 6.61 Å². The minimum atomic E-state index is -0.522. The van der Waals surface area contributed by atoms with E-state index in [0.717, 1.165) is 16.8 Å². The number of ether oxygens (including phenoxy) is 1. The van der Waals surface area contributed by atoms with Gasteiger partial charge in [-0.15, -0.1) is 0 Å². The summed E-state index contributed by atoms with van der Waals surface area (Å²) in [6, 6.07) is 16.6. The first-order valence-electron chi connectivity index (χ1n) is 10.8. The number of aliphatic imine (C=N–C) groups is 1. The highest BCUT2D eigenvalue weighted by atomic mass is 35.5. The van der Waals surface area contributed by atoms with Crippen LogP contribution in [0.15, 0.2) is 94.6 Å². The number of hydrogen-bond acceptors (Lipinski definition) is 6. The molecule has 0 fully saturated rings. The van der Waals surface area contributed by atoms with Gasteiger partial charge >= 0.3 is 5.97 Å². The molecule has 6 nitrogen and oxygen atoms in total. The molecule has 2 aromatic rings. The van der Waals surface area contributed by atoms with Crippen LogP contribution in [0.3, 0.4) is 0 Å². The highest BCUT2D eigenvalue weighted by molar-refractivity contribution is 8.16. The molecule has 0 bridgehead atoms. The lowest BCUT2D eigenvalue weighted by molar-refractivity contribution is -0.138. The maximum Gasteiger partial charge on any atom is 0.338 e. The van der Waals surface area contributed by atoms with Gasteiger partial charge in [0.15, 0.2) is 5.17 Å². The molecule has 8 heteroatoms. The maximum atomic E-state index is 13.1. The normalized spacial score (nSPS) is 17.0. The van der Waals surface area contributed by atoms with Crippen molar-refractivity contribution in [1.82, 2.24) is 10.2 Å². The monoisotopic (exact) mass is 493 g/mol. The van der Waals surface area contributed by atoms with E-state index in [1.165, 1.54) is 17.8 Å². The van der Waals surface area contributed by atoms with Crippen LogP contribution in [0.4, 0.5) is 0 Å². The number of amidine groups is 1. The third kappa shape index (κ3) is 5.26. The zero-order valence-corrected chi connectivity index (χ0v) is 20.2. The fraction of sp³-hybridized carbons (Fsp3) is 0.192. The molecule has 0 spiro atoms. The van der Waals surface area contributed by atoms with Crippen LogP contribution >= 0.6 is 23.4 Å². The van der Waals surface area contributed by atoms with Crippen molar-refractivity contribution in [2.75, 3.05) is 6.61 Å². The van der Waals surface area contributed by atoms with Gasteiger partial charge in [0.2, 0.25) is 5.91 Å². The highest BCUT2D eigenvalue weighted by Crippen LogP contribution is 2.45. The standard InChI is InChI=1S/C26H24ClN3O3S/c1-3-12-33-25(32)23-17(2)29-26-30(24(23)19-10-7-11-20(27)13-19)21(16-34-26)14-22(31)28-15-18-8-5-4-6-9-18/h3-11,13,16,24H,1,12,14-15H2,2H3,(H,28,31). The van der Waals surface area contributed by atoms with Crippen LogP contribution in [-0.4, -0.2) is 28.6 Å². The van der Waals surface area contributed by atoms with Gasteiger partial charge in [-0.05, 0) is 35.6 Å². The van der Waals surface area contributed by atoms with Crippen molar-refractivity contribution in [1.29, 1.82) is 0 Å². The Morgan fingerprint density at radius 3 is 2.76 bits per heavy atom. The number of esters is 1. The van der Waals surface area contributed by atoms with Crippen LogP contribution < -0.4 is 5.32 Å². The first kappa shape index (κ1) is 23.9. The van der Waals surface area contributed by atoms with Crippen molar-refractivity contribution in [3.05, 3.63) is 106 Å². The number of allylic oxidation sites excluding steroid dienone is 1. The van der Waals surface area contributed by atoms with Gasteiger partial charge in [0, 0.05) is 17.3 Å². The quantitative estimate of drug-likeness (QED) is 0.396. The molecule has 4 rings (SSSR count). The van der Waals surface area contributed by atoms with Gasteiger partial charge in [0.05, 0.1) is 23.7 Å². The van der Waals surface area contributed by atoms with E-state index < -0.39 is 12.0 Å². The smallest absolute Gasteiger partial charge is 0.338 e. The number of fused-ring (bicyclic) bond motifs is 1. The number of nitrogens with one attached hydrogen (secondary N) is 1. The topological polar surface area (TPSA) is 71.0 Å². The molecular weight excluding hydrogens is 470 g/mol. The predicted octanol–water partition coefficient (Wildman–Crippen LogP) is 5.35. The Balaban J connectivity index is 1.61. The number of rotatable bonds is 8. The first-order chi connectivity index (χ1) is 16.5. The Kier molecular flexibility index (Phi) is 7.55. The van der Waals surface area contributed by atoms with Crippen molar-refractivity contribution in [3.8, 4) is 0 Å². The summed E-state index contributed by atoms with van der Waals surface area (Å²) >= 11 is 7.72. The van der Waals surface area contributed by atoms with Crippen molar-refractivity contribution in [3.63, 3.8) is 0 Å². The van der Waals surface area contributed by atoms with Crippen LogP contribution in [0.5, 0.6) is 0 Å². The van der Waals surface area contributed by atoms with E-state index in [2.05, 4.69) is 16.9 Å². The summed E-state index contributed by atoms with van der Waals surface area (Å²) in [5, 5.41) is 6.13. The molecule has 2 aliphatic rings. The molecule has 1 amide bonds. The Morgan fingerprint density at radius 1 is 1.24 bits per heavy atom. The van der Waals surface area contributed by atoms with Crippen molar-refractivity contribution in [2.24, 2.45) is 4.99 Å². The molecule has 0 radical (unpaired) electrons. The molecule has 0 saturated carbocycles. The number of halogens is 1. The molecule has 1 unspecified atom stereocenters. The minimum absolute atomic E-state index is 0.0911. The third-order valence-corrected chi connectivity index (χ3v) is 6.52. The third-order valence-electron chi connectivity index (χ3n) is 5.39. The second kappa shape index (κ2) is 10.8. The lowest BCUT2D eigenvalue weighted by Gasteiger charge is -2.36. The molecule has 2 heterocycles. The molecule has 0 saturated heterocycles. The Morgan fingerprint density at radius 2 is 2.03 bits per heavy atom. The fourth-order valence-corrected chi connectivity index (χ4v) is 5.02. The summed E-state index contributed by atoms with van der Waals surface area (Å²) in [4.78, 5) is 32.4. The van der Waals surface area contributed by atoms with Crippen LogP contribution in [0.2, 0.25) is 5.02 Å². The molecule has 2 aromatic carbocycles. The van der Waals surface area contributed by atoms with E-state index in [1.807, 2.05) is 58.8 Å². The average Bonchev–Trinajstić information content (AvgIpc) is 3.22. The van der Waals surface area contributed by atoms with E-state index >= 15 is 0 Å². The summed E-state index contributed by atoms with van der Waals surface area (Å²) in [6.07, 6.45) is 1.66. The highest BCUT2D eigenvalue weighted by Gasteiger charge is 2.41. The number of amides is 1. The Bertz CT molecular complexity index is 1210. The van der Waals surface area contributed by atoms with E-state index in [4.69, 9.17) is 16.3 Å². The van der Waals surface area contributed by atoms with Crippen LogP contribution in [0.25, 0.3) is 0 Å². The molecule has 0 aliphatic carbocycles. The zero-order chi connectivity index (χ0) is 24.1. The number of benzene rings is 2. The van der Waals surface area contributed by atoms with Gasteiger partial charge in [-0.25, -0.2) is 9.79 Å². The molecule has 0 aromatic heterocycles. The number of thioether (sulfide) groups is 1. The summed E-state index contributed by atoms with van der Waals surface area (Å²) in [7, 11) is 0. The summed E-state index contributed by atoms with van der Waals surface area (Å²) in [5.41, 5.74) is 3.56. The first-order valence-corrected chi connectivity index (χ1v) is 12.0. The summed E-state index contributed by atoms with van der Waals surface area (Å²) in [6.45, 7) is 5.94. The fourth-order valence-electron chi connectivity index (χ4n) is 3.86. The van der Waals surface area contributed by atoms with Crippen molar-refractivity contribution >= 4 is 40.4 Å². The van der Waals surface area contributed by atoms with E-state index in [0.29, 0.717) is 28.0 Å². The van der Waals surface area contributed by atoms with Crippen LogP contribution in [-0.2, 0) is 20.9 Å². The number of carbonyl (C=O) groups is 2. The van der Waals surface area contributed by atoms with Gasteiger partial charge in [-0.2, -0.15) is 0 Å². The predicted molar refractivity (Wildman–Crippen MR) is 136 cm³/mol. The SMILES string of the molecule is C=CCOC(=O)C1=C(C)N=C2SC=C(CC(=O)NCc3ccccc3)N2C1c1cccc(Cl)c1. The van der Waals surface area contributed by atoms with Crippen LogP contribution in [0.1, 0.15) is 30.5 Å². The number of nitrogens with zero attached hydrogens (tertiary/aromatic N) is 2. The lowest BCUT2D eigenvalue weighted by atomic mass is 9.94. The zero-order valence-electron chi connectivity index (χ0n) is 18.7. The molecule has 1 atom stereocenters. The van der Waals surface area contributed by atoms with Gasteiger partial charge in [-0.3, -0.25) is 4.79 Å². The number of hydrogen-bond donors (Lipinski definition) is 1. The molecular formula is C26H24ClN3O3S. The second-order valence-electron chi connectivity index (χ2n) is 7.77. The summed E-state index contributed by atoms with van der Waals surface area (Å²) < 4.78 is 5.39. The van der Waals surface area contributed by atoms with Crippen LogP contribution in [0, 0.1) is 0 Å². The molecule has 34 heavy (non-hydrogen) atoms. The maximum absolute atomic E-state index is 13.1. The molecule has 1 N–H and O–H groups in total. The Hall–Kier alpha value is -3.29. The second-order valence-corrected chi connectivity index (χ2v) is 9.05. The molecule has 2 aliphatic heterocycles. The average molecular weight is 494 g/mol. The number of carbonyl (C=O) groups excluding carboxylic acids is 2. The van der Waals surface area contributed by atoms with Crippen molar-refractivity contribution < 1.29 is 14.3 Å². The van der Waals surface area contributed by atoms with E-state index in [9.17, 15) is 9.59 Å².